The summed E-state index contributed by atoms with van der Waals surface area (Å²) < 4.78 is 6.90. The highest BCUT2D eigenvalue weighted by atomic mass is 32.2. The molecular formula is C27H33N5O4S. The number of benzene rings is 2. The van der Waals surface area contributed by atoms with Gasteiger partial charge in [-0.05, 0) is 63.1 Å². The van der Waals surface area contributed by atoms with Crippen molar-refractivity contribution in [2.24, 2.45) is 5.92 Å². The van der Waals surface area contributed by atoms with Gasteiger partial charge in [0, 0.05) is 17.8 Å². The van der Waals surface area contributed by atoms with Crippen LogP contribution in [-0.2, 0) is 16.1 Å². The monoisotopic (exact) mass is 523 g/mol. The number of hydrogen-bond acceptors (Lipinski definition) is 7. The van der Waals surface area contributed by atoms with Crippen LogP contribution in [0.4, 0.5) is 5.69 Å². The number of aryl methyl sites for hydroxylation is 1. The molecule has 3 aromatic rings. The predicted octanol–water partition coefficient (Wildman–Crippen LogP) is 4.64. The fourth-order valence-corrected chi connectivity index (χ4v) is 4.51. The first-order chi connectivity index (χ1) is 17.7. The lowest BCUT2D eigenvalue weighted by Crippen LogP contribution is -2.33. The van der Waals surface area contributed by atoms with Gasteiger partial charge in [0.2, 0.25) is 5.91 Å². The maximum absolute atomic E-state index is 12.9. The smallest absolute Gasteiger partial charge is 0.338 e. The lowest BCUT2D eigenvalue weighted by Gasteiger charge is -2.22. The molecule has 0 saturated heterocycles. The van der Waals surface area contributed by atoms with E-state index >= 15 is 0 Å². The number of amides is 2. The fraction of sp³-hybridized carbons (Fsp3) is 0.370. The lowest BCUT2D eigenvalue weighted by atomic mass is 10.0. The lowest BCUT2D eigenvalue weighted by molar-refractivity contribution is -0.113. The Hall–Kier alpha value is -3.66. The first-order valence-electron chi connectivity index (χ1n) is 12.2. The molecule has 9 nitrogen and oxygen atoms in total. The number of thioether (sulfide) groups is 1. The average Bonchev–Trinajstić information content (AvgIpc) is 3.28. The number of nitrogens with zero attached hydrogens (tertiary/aromatic N) is 3. The Balaban J connectivity index is 1.65. The number of ether oxygens (including phenoxy) is 1. The van der Waals surface area contributed by atoms with Gasteiger partial charge in [-0.3, -0.25) is 9.59 Å². The summed E-state index contributed by atoms with van der Waals surface area (Å²) in [5.41, 5.74) is 2.61. The summed E-state index contributed by atoms with van der Waals surface area (Å²) in [7, 11) is 0. The van der Waals surface area contributed by atoms with Crippen LogP contribution in [0.2, 0.25) is 0 Å². The van der Waals surface area contributed by atoms with Gasteiger partial charge < -0.3 is 19.9 Å². The Bertz CT molecular complexity index is 1240. The van der Waals surface area contributed by atoms with Gasteiger partial charge in [0.1, 0.15) is 0 Å². The molecule has 2 aromatic carbocycles. The summed E-state index contributed by atoms with van der Waals surface area (Å²) in [5.74, 6) is 0.0583. The standard InChI is InChI=1S/C27H33N5O4S/c1-6-32-24(23(17(3)4)29-25(34)20-10-8-9-18(5)15-20)30-31-27(32)37-16-22(33)28-21-13-11-19(12-14-21)26(35)36-7-2/h8-15,17,23H,6-7,16H2,1-5H3,(H,28,33)(H,29,34)/t23-/m1/s1. The molecule has 1 atom stereocenters. The zero-order valence-corrected chi connectivity index (χ0v) is 22.6. The SMILES string of the molecule is CCOC(=O)c1ccc(NC(=O)CSc2nnc([C@H](NC(=O)c3cccc(C)c3)C(C)C)n2CC)cc1. The number of aromatic nitrogens is 3. The maximum Gasteiger partial charge on any atom is 0.338 e. The molecule has 0 aliphatic carbocycles. The van der Waals surface area contributed by atoms with Crippen molar-refractivity contribution in [1.82, 2.24) is 20.1 Å². The van der Waals surface area contributed by atoms with Gasteiger partial charge in [-0.1, -0.05) is 43.3 Å². The van der Waals surface area contributed by atoms with E-state index in [9.17, 15) is 14.4 Å². The normalized spacial score (nSPS) is 11.7. The van der Waals surface area contributed by atoms with Crippen molar-refractivity contribution >= 4 is 35.2 Å². The van der Waals surface area contributed by atoms with Gasteiger partial charge in [0.25, 0.3) is 5.91 Å². The molecular weight excluding hydrogens is 490 g/mol. The largest absolute Gasteiger partial charge is 0.462 e. The van der Waals surface area contributed by atoms with E-state index in [0.29, 0.717) is 40.9 Å². The van der Waals surface area contributed by atoms with Crippen LogP contribution in [0.25, 0.3) is 0 Å². The molecule has 37 heavy (non-hydrogen) atoms. The minimum absolute atomic E-state index is 0.0713. The number of rotatable bonds is 11. The van der Waals surface area contributed by atoms with Gasteiger partial charge in [-0.25, -0.2) is 4.79 Å². The molecule has 0 aliphatic heterocycles. The highest BCUT2D eigenvalue weighted by Gasteiger charge is 2.26. The minimum Gasteiger partial charge on any atom is -0.462 e. The second kappa shape index (κ2) is 13.0. The Morgan fingerprint density at radius 2 is 1.76 bits per heavy atom. The maximum atomic E-state index is 12.9. The molecule has 0 aliphatic rings. The van der Waals surface area contributed by atoms with E-state index in [1.165, 1.54) is 11.8 Å². The third-order valence-corrected chi connectivity index (χ3v) is 6.55. The predicted molar refractivity (Wildman–Crippen MR) is 144 cm³/mol. The van der Waals surface area contributed by atoms with Crippen LogP contribution in [0, 0.1) is 12.8 Å². The van der Waals surface area contributed by atoms with Gasteiger partial charge in [-0.15, -0.1) is 10.2 Å². The number of carbonyl (C=O) groups is 3. The first-order valence-corrected chi connectivity index (χ1v) is 13.2. The molecule has 2 N–H and O–H groups in total. The highest BCUT2D eigenvalue weighted by Crippen LogP contribution is 2.26. The zero-order chi connectivity index (χ0) is 26.9. The summed E-state index contributed by atoms with van der Waals surface area (Å²) in [5, 5.41) is 15.2. The Kier molecular flexibility index (Phi) is 9.85. The Labute approximate surface area is 221 Å². The molecule has 0 fully saturated rings. The van der Waals surface area contributed by atoms with E-state index in [1.54, 1.807) is 37.3 Å². The summed E-state index contributed by atoms with van der Waals surface area (Å²) in [6.07, 6.45) is 0. The van der Waals surface area contributed by atoms with E-state index in [2.05, 4.69) is 20.8 Å². The van der Waals surface area contributed by atoms with Crippen molar-refractivity contribution in [3.05, 3.63) is 71.0 Å². The molecule has 0 saturated carbocycles. The minimum atomic E-state index is -0.402. The Morgan fingerprint density at radius 3 is 2.38 bits per heavy atom. The number of esters is 1. The molecule has 0 bridgehead atoms. The van der Waals surface area contributed by atoms with E-state index in [1.807, 2.05) is 50.5 Å². The van der Waals surface area contributed by atoms with Crippen molar-refractivity contribution < 1.29 is 19.1 Å². The first kappa shape index (κ1) is 27.9. The van der Waals surface area contributed by atoms with Crippen LogP contribution in [0.1, 0.15) is 65.8 Å². The molecule has 1 heterocycles. The van der Waals surface area contributed by atoms with E-state index in [4.69, 9.17) is 4.74 Å². The Morgan fingerprint density at radius 1 is 1.03 bits per heavy atom. The van der Waals surface area contributed by atoms with Crippen molar-refractivity contribution in [3.63, 3.8) is 0 Å². The zero-order valence-electron chi connectivity index (χ0n) is 21.8. The number of nitrogens with one attached hydrogen (secondary N) is 2. The van der Waals surface area contributed by atoms with Gasteiger partial charge in [0.15, 0.2) is 11.0 Å². The third-order valence-electron chi connectivity index (χ3n) is 5.59. The molecule has 0 radical (unpaired) electrons. The molecule has 196 valence electrons. The van der Waals surface area contributed by atoms with Gasteiger partial charge in [-0.2, -0.15) is 0 Å². The van der Waals surface area contributed by atoms with Crippen LogP contribution < -0.4 is 10.6 Å². The van der Waals surface area contributed by atoms with E-state index in [-0.39, 0.29) is 29.5 Å². The second-order valence-electron chi connectivity index (χ2n) is 8.78. The molecule has 1 aromatic heterocycles. The summed E-state index contributed by atoms with van der Waals surface area (Å²) in [4.78, 5) is 37.2. The van der Waals surface area contributed by atoms with Gasteiger partial charge >= 0.3 is 5.97 Å². The van der Waals surface area contributed by atoms with Crippen LogP contribution >= 0.6 is 11.8 Å². The summed E-state index contributed by atoms with van der Waals surface area (Å²) in [6, 6.07) is 13.6. The highest BCUT2D eigenvalue weighted by molar-refractivity contribution is 7.99. The van der Waals surface area contributed by atoms with Crippen LogP contribution in [0.15, 0.2) is 53.7 Å². The fourth-order valence-electron chi connectivity index (χ4n) is 3.71. The van der Waals surface area contributed by atoms with Crippen molar-refractivity contribution in [2.45, 2.75) is 52.4 Å². The average molecular weight is 524 g/mol. The van der Waals surface area contributed by atoms with Crippen LogP contribution in [-0.4, -0.2) is 44.9 Å². The van der Waals surface area contributed by atoms with Crippen molar-refractivity contribution in [3.8, 4) is 0 Å². The number of carbonyl (C=O) groups excluding carboxylic acids is 3. The van der Waals surface area contributed by atoms with E-state index in [0.717, 1.165) is 5.56 Å². The van der Waals surface area contributed by atoms with Crippen LogP contribution in [0.5, 0.6) is 0 Å². The third kappa shape index (κ3) is 7.42. The molecule has 3 rings (SSSR count). The number of hydrogen-bond donors (Lipinski definition) is 2. The van der Waals surface area contributed by atoms with Gasteiger partial charge in [0.05, 0.1) is 24.0 Å². The molecule has 10 heteroatoms. The van der Waals surface area contributed by atoms with Crippen molar-refractivity contribution in [1.29, 1.82) is 0 Å². The summed E-state index contributed by atoms with van der Waals surface area (Å²) in [6.45, 7) is 10.6. The quantitative estimate of drug-likeness (QED) is 0.278. The molecule has 0 spiro atoms. The van der Waals surface area contributed by atoms with E-state index < -0.39 is 5.97 Å². The molecule has 0 unspecified atom stereocenters. The van der Waals surface area contributed by atoms with Crippen LogP contribution in [0.3, 0.4) is 0 Å². The molecule has 2 amide bonds. The number of anilines is 1. The second-order valence-corrected chi connectivity index (χ2v) is 9.73. The summed E-state index contributed by atoms with van der Waals surface area (Å²) >= 11 is 1.27. The van der Waals surface area contributed by atoms with Crippen molar-refractivity contribution in [2.75, 3.05) is 17.7 Å². The topological polar surface area (TPSA) is 115 Å².